The Labute approximate surface area is 83.3 Å². The molecule has 0 bridgehead atoms. The highest BCUT2D eigenvalue weighted by Crippen LogP contribution is 2.26. The van der Waals surface area contributed by atoms with Crippen LogP contribution in [0.3, 0.4) is 0 Å². The monoisotopic (exact) mass is 197 g/mol. The van der Waals surface area contributed by atoms with E-state index < -0.39 is 5.79 Å². The van der Waals surface area contributed by atoms with Crippen molar-refractivity contribution in [1.29, 1.82) is 0 Å². The molecule has 1 saturated heterocycles. The first-order valence-electron chi connectivity index (χ1n) is 4.56. The Hall–Kier alpha value is -1.03. The molecule has 0 aliphatic carbocycles. The molecule has 0 aromatic carbocycles. The molecule has 2 atom stereocenters. The van der Waals surface area contributed by atoms with E-state index in [9.17, 15) is 0 Å². The van der Waals surface area contributed by atoms with E-state index in [1.807, 2.05) is 13.8 Å². The summed E-state index contributed by atoms with van der Waals surface area (Å²) < 4.78 is 11.0. The van der Waals surface area contributed by atoms with Gasteiger partial charge in [0, 0.05) is 4.91 Å². The van der Waals surface area contributed by atoms with Gasteiger partial charge in [-0.05, 0) is 25.8 Å². The summed E-state index contributed by atoms with van der Waals surface area (Å²) in [5.41, 5.74) is 8.38. The Morgan fingerprint density at radius 2 is 2.50 bits per heavy atom. The highest BCUT2D eigenvalue weighted by Gasteiger charge is 2.36. The van der Waals surface area contributed by atoms with Crippen molar-refractivity contribution in [1.82, 2.24) is 0 Å². The summed E-state index contributed by atoms with van der Waals surface area (Å²) in [5.74, 6) is -0.574. The van der Waals surface area contributed by atoms with Crippen LogP contribution < -0.4 is 0 Å². The maximum atomic E-state index is 8.38. The molecule has 5 nitrogen and oxygen atoms in total. The van der Waals surface area contributed by atoms with Crippen LogP contribution >= 0.6 is 0 Å². The van der Waals surface area contributed by atoms with E-state index in [0.29, 0.717) is 13.0 Å². The first-order chi connectivity index (χ1) is 6.59. The van der Waals surface area contributed by atoms with Gasteiger partial charge in [0.15, 0.2) is 5.79 Å². The molecular formula is C9H15N3O2. The Morgan fingerprint density at radius 1 is 1.79 bits per heavy atom. The molecular weight excluding hydrogens is 182 g/mol. The maximum absolute atomic E-state index is 8.38. The van der Waals surface area contributed by atoms with Gasteiger partial charge in [0.2, 0.25) is 0 Å². The number of hydrogen-bond acceptors (Lipinski definition) is 3. The van der Waals surface area contributed by atoms with Crippen molar-refractivity contribution in [2.45, 2.75) is 38.2 Å². The van der Waals surface area contributed by atoms with Gasteiger partial charge in [0.25, 0.3) is 0 Å². The van der Waals surface area contributed by atoms with Gasteiger partial charge in [-0.1, -0.05) is 11.2 Å². The van der Waals surface area contributed by atoms with Crippen molar-refractivity contribution in [3.05, 3.63) is 23.1 Å². The van der Waals surface area contributed by atoms with Crippen LogP contribution in [0.15, 0.2) is 17.8 Å². The molecule has 0 radical (unpaired) electrons. The molecule has 0 unspecified atom stereocenters. The van der Waals surface area contributed by atoms with Gasteiger partial charge in [-0.15, -0.1) is 6.58 Å². The van der Waals surface area contributed by atoms with Crippen LogP contribution in [0.2, 0.25) is 0 Å². The minimum Gasteiger partial charge on any atom is -0.348 e. The number of hydrogen-bond donors (Lipinski definition) is 0. The molecule has 78 valence electrons. The Bertz CT molecular complexity index is 259. The molecule has 14 heavy (non-hydrogen) atoms. The topological polar surface area (TPSA) is 67.2 Å². The molecule has 1 rings (SSSR count). The van der Waals surface area contributed by atoms with Crippen LogP contribution in [0.25, 0.3) is 10.4 Å². The lowest BCUT2D eigenvalue weighted by molar-refractivity contribution is -0.140. The fourth-order valence-corrected chi connectivity index (χ4v) is 1.42. The van der Waals surface area contributed by atoms with Gasteiger partial charge in [-0.2, -0.15) is 0 Å². The standard InChI is InChI=1S/C9H15N3O2/c1-4-5-7(11-12-10)8-6-13-9(2,3)14-8/h4,7-8H,1,5-6H2,2-3H3/t7-,8-/m1/s1. The molecule has 0 aromatic heterocycles. The molecule has 0 N–H and O–H groups in total. The van der Waals surface area contributed by atoms with E-state index in [1.165, 1.54) is 0 Å². The predicted octanol–water partition coefficient (Wildman–Crippen LogP) is 2.39. The Kier molecular flexibility index (Phi) is 3.52. The summed E-state index contributed by atoms with van der Waals surface area (Å²) in [4.78, 5) is 2.79. The Balaban J connectivity index is 2.61. The number of nitrogens with zero attached hydrogens (tertiary/aromatic N) is 3. The summed E-state index contributed by atoms with van der Waals surface area (Å²) in [7, 11) is 0. The molecule has 1 fully saturated rings. The second-order valence-corrected chi connectivity index (χ2v) is 3.66. The van der Waals surface area contributed by atoms with Crippen molar-refractivity contribution in [2.75, 3.05) is 6.61 Å². The van der Waals surface area contributed by atoms with E-state index >= 15 is 0 Å². The lowest BCUT2D eigenvalue weighted by atomic mass is 10.1. The van der Waals surface area contributed by atoms with Crippen molar-refractivity contribution in [3.8, 4) is 0 Å². The quantitative estimate of drug-likeness (QED) is 0.300. The summed E-state index contributed by atoms with van der Waals surface area (Å²) in [6, 6.07) is -0.223. The minimum absolute atomic E-state index is 0.168. The van der Waals surface area contributed by atoms with Gasteiger partial charge in [0.1, 0.15) is 0 Å². The fraction of sp³-hybridized carbons (Fsp3) is 0.778. The summed E-state index contributed by atoms with van der Waals surface area (Å²) >= 11 is 0. The van der Waals surface area contributed by atoms with Crippen molar-refractivity contribution >= 4 is 0 Å². The van der Waals surface area contributed by atoms with Crippen molar-refractivity contribution in [3.63, 3.8) is 0 Å². The molecule has 0 saturated carbocycles. The van der Waals surface area contributed by atoms with Crippen LogP contribution in [0.1, 0.15) is 20.3 Å². The summed E-state index contributed by atoms with van der Waals surface area (Å²) in [6.07, 6.45) is 2.15. The normalized spacial score (nSPS) is 26.6. The van der Waals surface area contributed by atoms with Gasteiger partial charge in [0.05, 0.1) is 18.8 Å². The van der Waals surface area contributed by atoms with Gasteiger partial charge >= 0.3 is 0 Å². The van der Waals surface area contributed by atoms with Crippen LogP contribution in [0, 0.1) is 0 Å². The SMILES string of the molecule is C=CC[C@@H](N=[N+]=[N-])[C@H]1COC(C)(C)O1. The average Bonchev–Trinajstić information content (AvgIpc) is 2.46. The Morgan fingerprint density at radius 3 is 2.93 bits per heavy atom. The number of ether oxygens (including phenoxy) is 2. The van der Waals surface area contributed by atoms with Gasteiger partial charge < -0.3 is 9.47 Å². The molecule has 0 amide bonds. The third kappa shape index (κ3) is 2.73. The zero-order valence-electron chi connectivity index (χ0n) is 8.51. The van der Waals surface area contributed by atoms with E-state index in [0.717, 1.165) is 0 Å². The number of azide groups is 1. The fourth-order valence-electron chi connectivity index (χ4n) is 1.42. The smallest absolute Gasteiger partial charge is 0.163 e. The molecule has 1 heterocycles. The van der Waals surface area contributed by atoms with E-state index in [1.54, 1.807) is 6.08 Å². The lowest BCUT2D eigenvalue weighted by Crippen LogP contribution is -2.28. The van der Waals surface area contributed by atoms with Gasteiger partial charge in [-0.3, -0.25) is 0 Å². The predicted molar refractivity (Wildman–Crippen MR) is 52.7 cm³/mol. The zero-order chi connectivity index (χ0) is 10.6. The third-order valence-electron chi connectivity index (χ3n) is 2.07. The number of rotatable bonds is 4. The van der Waals surface area contributed by atoms with Crippen LogP contribution in [-0.4, -0.2) is 24.5 Å². The summed E-state index contributed by atoms with van der Waals surface area (Å²) in [5, 5.41) is 3.67. The summed E-state index contributed by atoms with van der Waals surface area (Å²) in [6.45, 7) is 7.76. The maximum Gasteiger partial charge on any atom is 0.163 e. The first-order valence-corrected chi connectivity index (χ1v) is 4.56. The molecule has 1 aliphatic heterocycles. The molecule has 5 heteroatoms. The molecule has 1 aliphatic rings. The highest BCUT2D eigenvalue weighted by molar-refractivity contribution is 4.88. The second kappa shape index (κ2) is 4.46. The highest BCUT2D eigenvalue weighted by atomic mass is 16.7. The molecule has 0 spiro atoms. The molecule has 0 aromatic rings. The van der Waals surface area contributed by atoms with Crippen molar-refractivity contribution < 1.29 is 9.47 Å². The van der Waals surface area contributed by atoms with E-state index in [2.05, 4.69) is 16.6 Å². The van der Waals surface area contributed by atoms with Crippen LogP contribution in [-0.2, 0) is 9.47 Å². The van der Waals surface area contributed by atoms with E-state index in [4.69, 9.17) is 15.0 Å². The largest absolute Gasteiger partial charge is 0.348 e. The average molecular weight is 197 g/mol. The van der Waals surface area contributed by atoms with Crippen LogP contribution in [0.4, 0.5) is 0 Å². The minimum atomic E-state index is -0.574. The van der Waals surface area contributed by atoms with Crippen molar-refractivity contribution in [2.24, 2.45) is 5.11 Å². The zero-order valence-corrected chi connectivity index (χ0v) is 8.51. The second-order valence-electron chi connectivity index (χ2n) is 3.66. The third-order valence-corrected chi connectivity index (χ3v) is 2.07. The first kappa shape index (κ1) is 11.0. The lowest BCUT2D eigenvalue weighted by Gasteiger charge is -2.19. The van der Waals surface area contributed by atoms with Gasteiger partial charge in [-0.25, -0.2) is 0 Å². The van der Waals surface area contributed by atoms with Crippen LogP contribution in [0.5, 0.6) is 0 Å². The van der Waals surface area contributed by atoms with E-state index in [-0.39, 0.29) is 12.1 Å².